The molecule has 2 aromatic rings. The van der Waals surface area contributed by atoms with Crippen LogP contribution in [0.25, 0.3) is 0 Å². The summed E-state index contributed by atoms with van der Waals surface area (Å²) < 4.78 is 52.3. The third-order valence-electron chi connectivity index (χ3n) is 4.61. The predicted octanol–water partition coefficient (Wildman–Crippen LogP) is 3.49. The average Bonchev–Trinajstić information content (AvgIpc) is 3.02. The van der Waals surface area contributed by atoms with Gasteiger partial charge >= 0.3 is 17.9 Å². The van der Waals surface area contributed by atoms with Crippen LogP contribution in [0.2, 0.25) is 0 Å². The van der Waals surface area contributed by atoms with Gasteiger partial charge in [-0.25, -0.2) is 9.79 Å². The number of benzene rings is 2. The van der Waals surface area contributed by atoms with Crippen molar-refractivity contribution in [3.05, 3.63) is 65.7 Å². The van der Waals surface area contributed by atoms with Crippen LogP contribution in [0.5, 0.6) is 5.75 Å². The number of alkyl carbamates (subject to hydrolysis) is 1. The van der Waals surface area contributed by atoms with Gasteiger partial charge in [0.05, 0.1) is 20.3 Å². The fraction of sp³-hybridized carbons (Fsp3) is 0.286. The van der Waals surface area contributed by atoms with E-state index in [1.54, 1.807) is 47.8 Å². The molecule has 1 heterocycles. The monoisotopic (exact) mass is 435 g/mol. The molecule has 0 spiro atoms. The molecule has 1 N–H and O–H groups in total. The Hall–Kier alpha value is -3.56. The highest BCUT2D eigenvalue weighted by Gasteiger charge is 2.67. The van der Waals surface area contributed by atoms with E-state index in [2.05, 4.69) is 9.73 Å². The summed E-state index contributed by atoms with van der Waals surface area (Å²) >= 11 is 0. The summed E-state index contributed by atoms with van der Waals surface area (Å²) in [7, 11) is 1.42. The third kappa shape index (κ3) is 4.18. The number of para-hydroxylation sites is 1. The number of halogens is 3. The highest BCUT2D eigenvalue weighted by molar-refractivity contribution is 6.16. The number of methoxy groups -OCH3 is 1. The Balaban J connectivity index is 2.12. The maximum atomic E-state index is 14.2. The summed E-state index contributed by atoms with van der Waals surface area (Å²) in [5, 5.41) is 1.63. The zero-order valence-corrected chi connectivity index (χ0v) is 16.8. The smallest absolute Gasteiger partial charge is 0.442 e. The lowest BCUT2D eigenvalue weighted by Gasteiger charge is -2.28. The molecule has 0 aromatic heterocycles. The Morgan fingerprint density at radius 2 is 1.77 bits per heavy atom. The van der Waals surface area contributed by atoms with Gasteiger partial charge in [0.1, 0.15) is 11.6 Å². The first kappa shape index (κ1) is 22.1. The second kappa shape index (κ2) is 8.66. The SMILES string of the molecule is CCOC(=O)N[C@@]1(C(F)(F)F)N=C(c2ccccc2)N(Cc2ccccc2OC)C1=O. The Kier molecular flexibility index (Phi) is 6.19. The molecule has 0 bridgehead atoms. The Labute approximate surface area is 176 Å². The minimum absolute atomic E-state index is 0.172. The summed E-state index contributed by atoms with van der Waals surface area (Å²) in [5.41, 5.74) is -2.76. The van der Waals surface area contributed by atoms with E-state index in [1.165, 1.54) is 26.2 Å². The second-order valence-electron chi connectivity index (χ2n) is 6.56. The number of hydrogen-bond acceptors (Lipinski definition) is 5. The number of amides is 2. The fourth-order valence-electron chi connectivity index (χ4n) is 3.17. The lowest BCUT2D eigenvalue weighted by molar-refractivity contribution is -0.197. The summed E-state index contributed by atoms with van der Waals surface area (Å²) in [4.78, 5) is 29.7. The van der Waals surface area contributed by atoms with Crippen molar-refractivity contribution in [2.45, 2.75) is 25.3 Å². The van der Waals surface area contributed by atoms with E-state index < -0.39 is 23.8 Å². The van der Waals surface area contributed by atoms with Crippen LogP contribution in [-0.2, 0) is 16.1 Å². The molecule has 1 atom stereocenters. The lowest BCUT2D eigenvalue weighted by atomic mass is 10.1. The first-order valence-corrected chi connectivity index (χ1v) is 9.34. The van der Waals surface area contributed by atoms with Gasteiger partial charge in [0.25, 0.3) is 5.91 Å². The van der Waals surface area contributed by atoms with E-state index in [9.17, 15) is 22.8 Å². The van der Waals surface area contributed by atoms with Gasteiger partial charge in [-0.05, 0) is 13.0 Å². The van der Waals surface area contributed by atoms with Crippen molar-refractivity contribution in [1.82, 2.24) is 10.2 Å². The van der Waals surface area contributed by atoms with E-state index in [0.29, 0.717) is 11.3 Å². The van der Waals surface area contributed by atoms with E-state index >= 15 is 0 Å². The number of amidine groups is 1. The number of hydrogen-bond donors (Lipinski definition) is 1. The molecular formula is C21H20F3N3O4. The molecule has 7 nitrogen and oxygen atoms in total. The van der Waals surface area contributed by atoms with Gasteiger partial charge in [-0.2, -0.15) is 13.2 Å². The average molecular weight is 435 g/mol. The first-order chi connectivity index (χ1) is 14.7. The van der Waals surface area contributed by atoms with Gasteiger partial charge in [0.15, 0.2) is 0 Å². The molecule has 3 rings (SSSR count). The molecule has 2 amide bonds. The zero-order chi connectivity index (χ0) is 22.6. The summed E-state index contributed by atoms with van der Waals surface area (Å²) in [5.74, 6) is -1.28. The number of alkyl halides is 3. The van der Waals surface area contributed by atoms with Crippen molar-refractivity contribution in [1.29, 1.82) is 0 Å². The van der Waals surface area contributed by atoms with Crippen molar-refractivity contribution in [2.75, 3.05) is 13.7 Å². The molecule has 164 valence electrons. The quantitative estimate of drug-likeness (QED) is 0.753. The lowest BCUT2D eigenvalue weighted by Crippen LogP contribution is -2.63. The Morgan fingerprint density at radius 1 is 1.13 bits per heavy atom. The van der Waals surface area contributed by atoms with E-state index in [1.807, 2.05) is 0 Å². The number of rotatable bonds is 6. The van der Waals surface area contributed by atoms with Crippen LogP contribution in [0, 0.1) is 0 Å². The van der Waals surface area contributed by atoms with Crippen LogP contribution in [0.3, 0.4) is 0 Å². The van der Waals surface area contributed by atoms with E-state index in [0.717, 1.165) is 4.90 Å². The van der Waals surface area contributed by atoms with Crippen LogP contribution in [-0.4, -0.2) is 48.3 Å². The van der Waals surface area contributed by atoms with Crippen molar-refractivity contribution in [3.8, 4) is 5.75 Å². The number of carbonyl (C=O) groups is 2. The van der Waals surface area contributed by atoms with Crippen LogP contribution in [0.15, 0.2) is 59.6 Å². The molecule has 0 saturated carbocycles. The number of carbonyl (C=O) groups excluding carboxylic acids is 2. The van der Waals surface area contributed by atoms with Gasteiger partial charge in [-0.3, -0.25) is 15.0 Å². The fourth-order valence-corrected chi connectivity index (χ4v) is 3.17. The van der Waals surface area contributed by atoms with Crippen LogP contribution >= 0.6 is 0 Å². The molecule has 1 aliphatic heterocycles. The maximum absolute atomic E-state index is 14.2. The van der Waals surface area contributed by atoms with Crippen molar-refractivity contribution < 1.29 is 32.2 Å². The summed E-state index contributed by atoms with van der Waals surface area (Å²) in [6.45, 7) is 1.01. The normalized spacial score (nSPS) is 18.5. The summed E-state index contributed by atoms with van der Waals surface area (Å²) in [6, 6.07) is 14.6. The van der Waals surface area contributed by atoms with Crippen molar-refractivity contribution >= 4 is 17.8 Å². The van der Waals surface area contributed by atoms with Gasteiger partial charge in [-0.1, -0.05) is 48.5 Å². The van der Waals surface area contributed by atoms with E-state index in [-0.39, 0.29) is 24.6 Å². The number of aliphatic imine (C=N–C) groups is 1. The van der Waals surface area contributed by atoms with Crippen LogP contribution in [0.4, 0.5) is 18.0 Å². The molecule has 10 heteroatoms. The van der Waals surface area contributed by atoms with E-state index in [4.69, 9.17) is 4.74 Å². The van der Waals surface area contributed by atoms with Crippen LogP contribution in [0.1, 0.15) is 18.1 Å². The number of nitrogens with zero attached hydrogens (tertiary/aromatic N) is 2. The maximum Gasteiger partial charge on any atom is 0.442 e. The van der Waals surface area contributed by atoms with Gasteiger partial charge in [0, 0.05) is 11.1 Å². The van der Waals surface area contributed by atoms with Gasteiger partial charge < -0.3 is 9.47 Å². The molecule has 1 aliphatic rings. The molecule has 0 fully saturated rings. The summed E-state index contributed by atoms with van der Waals surface area (Å²) in [6.07, 6.45) is -6.62. The van der Waals surface area contributed by atoms with Crippen molar-refractivity contribution in [3.63, 3.8) is 0 Å². The minimum Gasteiger partial charge on any atom is -0.496 e. The predicted molar refractivity (Wildman–Crippen MR) is 105 cm³/mol. The minimum atomic E-state index is -5.22. The number of nitrogens with one attached hydrogen (secondary N) is 1. The Bertz CT molecular complexity index is 995. The molecule has 0 radical (unpaired) electrons. The highest BCUT2D eigenvalue weighted by atomic mass is 19.4. The zero-order valence-electron chi connectivity index (χ0n) is 16.8. The van der Waals surface area contributed by atoms with Crippen molar-refractivity contribution in [2.24, 2.45) is 4.99 Å². The number of ether oxygens (including phenoxy) is 2. The third-order valence-corrected chi connectivity index (χ3v) is 4.61. The Morgan fingerprint density at radius 3 is 2.39 bits per heavy atom. The van der Waals surface area contributed by atoms with Crippen LogP contribution < -0.4 is 10.1 Å². The molecule has 2 aromatic carbocycles. The van der Waals surface area contributed by atoms with Gasteiger partial charge in [-0.15, -0.1) is 0 Å². The molecular weight excluding hydrogens is 415 g/mol. The van der Waals surface area contributed by atoms with Gasteiger partial charge in [0.2, 0.25) is 0 Å². The molecule has 31 heavy (non-hydrogen) atoms. The topological polar surface area (TPSA) is 80.2 Å². The first-order valence-electron chi connectivity index (χ1n) is 9.34. The molecule has 0 unspecified atom stereocenters. The highest BCUT2D eigenvalue weighted by Crippen LogP contribution is 2.39. The molecule has 0 aliphatic carbocycles. The largest absolute Gasteiger partial charge is 0.496 e. The standard InChI is InChI=1S/C21H20F3N3O4/c1-3-31-19(29)26-20(21(22,23)24)18(28)27(13-15-11-7-8-12-16(15)30-2)17(25-20)14-9-5-4-6-10-14/h4-12H,3,13H2,1-2H3,(H,26,29)/t20-/m0/s1. The molecule has 0 saturated heterocycles. The second-order valence-corrected chi connectivity index (χ2v) is 6.56.